The Morgan fingerprint density at radius 3 is 2.37 bits per heavy atom. The molecule has 0 heterocycles. The summed E-state index contributed by atoms with van der Waals surface area (Å²) in [5.41, 5.74) is 9.23. The summed E-state index contributed by atoms with van der Waals surface area (Å²) in [6.07, 6.45) is 0. The van der Waals surface area contributed by atoms with Crippen molar-refractivity contribution in [2.24, 2.45) is 5.73 Å². The van der Waals surface area contributed by atoms with Gasteiger partial charge < -0.3 is 10.5 Å². The van der Waals surface area contributed by atoms with E-state index in [4.69, 9.17) is 33.7 Å². The summed E-state index contributed by atoms with van der Waals surface area (Å²) in [6.45, 7) is 1.99. The van der Waals surface area contributed by atoms with Crippen LogP contribution in [0.2, 0.25) is 10.0 Å². The Labute approximate surface area is 123 Å². The van der Waals surface area contributed by atoms with Gasteiger partial charge in [0.15, 0.2) is 0 Å². The van der Waals surface area contributed by atoms with Crippen LogP contribution in [0.5, 0.6) is 5.75 Å². The Kier molecular flexibility index (Phi) is 4.35. The number of methoxy groups -OCH3 is 1. The fourth-order valence-corrected chi connectivity index (χ4v) is 2.58. The smallest absolute Gasteiger partial charge is 0.137 e. The van der Waals surface area contributed by atoms with E-state index < -0.39 is 0 Å². The lowest BCUT2D eigenvalue weighted by molar-refractivity contribution is 0.415. The molecule has 2 aromatic rings. The number of hydrogen-bond acceptors (Lipinski definition) is 2. The third-order valence-corrected chi connectivity index (χ3v) is 3.47. The zero-order valence-electron chi connectivity index (χ0n) is 10.8. The molecule has 0 spiro atoms. The van der Waals surface area contributed by atoms with E-state index in [1.54, 1.807) is 7.11 Å². The fraction of sp³-hybridized carbons (Fsp3) is 0.200. The van der Waals surface area contributed by atoms with E-state index in [0.717, 1.165) is 16.7 Å². The molecule has 2 rings (SSSR count). The van der Waals surface area contributed by atoms with Gasteiger partial charge in [-0.15, -0.1) is 0 Å². The lowest BCUT2D eigenvalue weighted by Gasteiger charge is -2.15. The minimum absolute atomic E-state index is 0.263. The van der Waals surface area contributed by atoms with Crippen LogP contribution in [0, 0.1) is 6.92 Å². The second-order valence-corrected chi connectivity index (χ2v) is 5.28. The molecule has 1 atom stereocenters. The Morgan fingerprint density at radius 2 is 1.79 bits per heavy atom. The molecule has 2 aromatic carbocycles. The highest BCUT2D eigenvalue weighted by atomic mass is 35.5. The maximum absolute atomic E-state index is 6.26. The van der Waals surface area contributed by atoms with Crippen molar-refractivity contribution in [3.05, 3.63) is 63.1 Å². The minimum Gasteiger partial charge on any atom is -0.495 e. The molecule has 0 radical (unpaired) electrons. The second kappa shape index (κ2) is 5.83. The van der Waals surface area contributed by atoms with Crippen LogP contribution in [0.15, 0.2) is 36.4 Å². The van der Waals surface area contributed by atoms with Crippen LogP contribution in [0.4, 0.5) is 0 Å². The number of aryl methyl sites for hydroxylation is 1. The van der Waals surface area contributed by atoms with Crippen molar-refractivity contribution in [1.29, 1.82) is 0 Å². The van der Waals surface area contributed by atoms with E-state index in [0.29, 0.717) is 15.8 Å². The number of nitrogens with two attached hydrogens (primary N) is 1. The first-order valence-electron chi connectivity index (χ1n) is 5.87. The normalized spacial score (nSPS) is 12.3. The van der Waals surface area contributed by atoms with Gasteiger partial charge in [0.25, 0.3) is 0 Å². The van der Waals surface area contributed by atoms with E-state index in [9.17, 15) is 0 Å². The van der Waals surface area contributed by atoms with Crippen LogP contribution >= 0.6 is 23.2 Å². The van der Waals surface area contributed by atoms with E-state index in [-0.39, 0.29) is 6.04 Å². The van der Waals surface area contributed by atoms with Crippen LogP contribution in [-0.4, -0.2) is 7.11 Å². The topological polar surface area (TPSA) is 35.2 Å². The molecule has 0 aliphatic rings. The van der Waals surface area contributed by atoms with Crippen LogP contribution in [0.1, 0.15) is 22.7 Å². The maximum Gasteiger partial charge on any atom is 0.137 e. The highest BCUT2D eigenvalue weighted by molar-refractivity contribution is 6.32. The largest absolute Gasteiger partial charge is 0.495 e. The average Bonchev–Trinajstić information content (AvgIpc) is 2.36. The highest BCUT2D eigenvalue weighted by Gasteiger charge is 2.12. The third-order valence-electron chi connectivity index (χ3n) is 2.96. The molecule has 1 unspecified atom stereocenters. The summed E-state index contributed by atoms with van der Waals surface area (Å²) in [5, 5.41) is 1.24. The Hall–Kier alpha value is -1.22. The molecule has 0 bridgehead atoms. The molecule has 100 valence electrons. The summed E-state index contributed by atoms with van der Waals surface area (Å²) in [5.74, 6) is 0.639. The lowest BCUT2D eigenvalue weighted by atomic mass is 9.98. The van der Waals surface area contributed by atoms with E-state index in [1.807, 2.05) is 43.3 Å². The lowest BCUT2D eigenvalue weighted by Crippen LogP contribution is -2.12. The van der Waals surface area contributed by atoms with E-state index in [2.05, 4.69) is 0 Å². The molecule has 0 aromatic heterocycles. The minimum atomic E-state index is -0.263. The first kappa shape index (κ1) is 14.2. The number of benzene rings is 2. The first-order chi connectivity index (χ1) is 9.01. The number of rotatable bonds is 3. The fourth-order valence-electron chi connectivity index (χ4n) is 2.01. The third kappa shape index (κ3) is 3.21. The van der Waals surface area contributed by atoms with Gasteiger partial charge in [-0.1, -0.05) is 35.3 Å². The zero-order valence-corrected chi connectivity index (χ0v) is 12.3. The monoisotopic (exact) mass is 295 g/mol. The number of hydrogen-bond donors (Lipinski definition) is 1. The standard InChI is InChI=1S/C15H15Cl2NO/c1-9-5-11(7-12(16)6-9)15(18)10-3-4-14(19-2)13(17)8-10/h3-8,15H,18H2,1-2H3. The van der Waals surface area contributed by atoms with Crippen molar-refractivity contribution in [2.75, 3.05) is 7.11 Å². The second-order valence-electron chi connectivity index (χ2n) is 4.43. The summed E-state index contributed by atoms with van der Waals surface area (Å²) in [6, 6.07) is 11.1. The molecule has 0 fully saturated rings. The summed E-state index contributed by atoms with van der Waals surface area (Å²) < 4.78 is 5.13. The molecule has 0 aliphatic carbocycles. The SMILES string of the molecule is COc1ccc(C(N)c2cc(C)cc(Cl)c2)cc1Cl. The van der Waals surface area contributed by atoms with Crippen molar-refractivity contribution < 1.29 is 4.74 Å². The van der Waals surface area contributed by atoms with Crippen LogP contribution < -0.4 is 10.5 Å². The van der Waals surface area contributed by atoms with Crippen molar-refractivity contribution >= 4 is 23.2 Å². The van der Waals surface area contributed by atoms with Gasteiger partial charge in [0.1, 0.15) is 5.75 Å². The van der Waals surface area contributed by atoms with Gasteiger partial charge in [0.05, 0.1) is 18.2 Å². The van der Waals surface area contributed by atoms with E-state index in [1.165, 1.54) is 0 Å². The molecule has 0 saturated carbocycles. The van der Waals surface area contributed by atoms with Gasteiger partial charge in [-0.05, 0) is 47.9 Å². The van der Waals surface area contributed by atoms with Gasteiger partial charge in [0, 0.05) is 5.02 Å². The summed E-state index contributed by atoms with van der Waals surface area (Å²) >= 11 is 12.2. The van der Waals surface area contributed by atoms with Gasteiger partial charge in [-0.3, -0.25) is 0 Å². The molecule has 2 N–H and O–H groups in total. The van der Waals surface area contributed by atoms with Crippen LogP contribution in [-0.2, 0) is 0 Å². The average molecular weight is 296 g/mol. The van der Waals surface area contributed by atoms with Gasteiger partial charge in [-0.2, -0.15) is 0 Å². The molecular weight excluding hydrogens is 281 g/mol. The van der Waals surface area contributed by atoms with Crippen molar-refractivity contribution in [3.8, 4) is 5.75 Å². The Bertz CT molecular complexity index is 578. The van der Waals surface area contributed by atoms with Crippen molar-refractivity contribution in [2.45, 2.75) is 13.0 Å². The zero-order chi connectivity index (χ0) is 14.0. The Balaban J connectivity index is 2.38. The van der Waals surface area contributed by atoms with E-state index >= 15 is 0 Å². The van der Waals surface area contributed by atoms with Gasteiger partial charge in [-0.25, -0.2) is 0 Å². The summed E-state index contributed by atoms with van der Waals surface area (Å²) in [7, 11) is 1.58. The number of halogens is 2. The molecule has 19 heavy (non-hydrogen) atoms. The predicted octanol–water partition coefficient (Wildman–Crippen LogP) is 4.36. The maximum atomic E-state index is 6.26. The predicted molar refractivity (Wildman–Crippen MR) is 80.2 cm³/mol. The quantitative estimate of drug-likeness (QED) is 0.913. The molecule has 2 nitrogen and oxygen atoms in total. The molecular formula is C15H15Cl2NO. The first-order valence-corrected chi connectivity index (χ1v) is 6.63. The van der Waals surface area contributed by atoms with Crippen molar-refractivity contribution in [1.82, 2.24) is 0 Å². The van der Waals surface area contributed by atoms with Crippen molar-refractivity contribution in [3.63, 3.8) is 0 Å². The highest BCUT2D eigenvalue weighted by Crippen LogP contribution is 2.30. The molecule has 0 amide bonds. The molecule has 4 heteroatoms. The Morgan fingerprint density at radius 1 is 1.05 bits per heavy atom. The summed E-state index contributed by atoms with van der Waals surface area (Å²) in [4.78, 5) is 0. The van der Waals surface area contributed by atoms with Gasteiger partial charge in [0.2, 0.25) is 0 Å². The van der Waals surface area contributed by atoms with Crippen LogP contribution in [0.3, 0.4) is 0 Å². The van der Waals surface area contributed by atoms with Gasteiger partial charge >= 0.3 is 0 Å². The number of ether oxygens (including phenoxy) is 1. The van der Waals surface area contributed by atoms with Crippen LogP contribution in [0.25, 0.3) is 0 Å². The molecule has 0 aliphatic heterocycles. The molecule has 0 saturated heterocycles.